The zero-order valence-electron chi connectivity index (χ0n) is 18.6. The quantitative estimate of drug-likeness (QED) is 0.696. The number of amides is 2. The van der Waals surface area contributed by atoms with Crippen molar-refractivity contribution in [1.82, 2.24) is 5.32 Å². The van der Waals surface area contributed by atoms with E-state index in [1.54, 1.807) is 31.4 Å². The van der Waals surface area contributed by atoms with Gasteiger partial charge in [-0.3, -0.25) is 14.5 Å². The third kappa shape index (κ3) is 5.29. The van der Waals surface area contributed by atoms with Gasteiger partial charge in [0, 0.05) is 11.6 Å². The van der Waals surface area contributed by atoms with Crippen LogP contribution < -0.4 is 24.4 Å². The van der Waals surface area contributed by atoms with E-state index in [9.17, 15) is 9.59 Å². The van der Waals surface area contributed by atoms with Gasteiger partial charge >= 0.3 is 0 Å². The molecule has 0 heterocycles. The van der Waals surface area contributed by atoms with Crippen LogP contribution in [0.1, 0.15) is 41.6 Å². The summed E-state index contributed by atoms with van der Waals surface area (Å²) in [7, 11) is 4.60. The Balaban J connectivity index is 1.96. The van der Waals surface area contributed by atoms with Crippen LogP contribution in [0.25, 0.3) is 0 Å². The number of benzene rings is 2. The van der Waals surface area contributed by atoms with Gasteiger partial charge in [-0.1, -0.05) is 18.9 Å². The molecule has 0 aliphatic heterocycles. The Kier molecular flexibility index (Phi) is 7.39. The number of nitrogens with zero attached hydrogens (tertiary/aromatic N) is 1. The van der Waals surface area contributed by atoms with E-state index in [4.69, 9.17) is 14.2 Å². The van der Waals surface area contributed by atoms with Gasteiger partial charge < -0.3 is 19.5 Å². The molecule has 1 aliphatic carbocycles. The lowest BCUT2D eigenvalue weighted by Crippen LogP contribution is -2.44. The minimum absolute atomic E-state index is 0.108. The Morgan fingerprint density at radius 2 is 1.58 bits per heavy atom. The Bertz CT molecular complexity index is 938. The fourth-order valence-corrected chi connectivity index (χ4v) is 3.89. The summed E-state index contributed by atoms with van der Waals surface area (Å²) in [4.78, 5) is 27.9. The molecule has 31 heavy (non-hydrogen) atoms. The van der Waals surface area contributed by atoms with Gasteiger partial charge in [0.05, 0.1) is 27.0 Å². The van der Waals surface area contributed by atoms with E-state index in [1.807, 2.05) is 19.1 Å². The average Bonchev–Trinajstić information content (AvgIpc) is 3.29. The first-order chi connectivity index (χ1) is 15.0. The summed E-state index contributed by atoms with van der Waals surface area (Å²) in [6.45, 7) is 1.82. The lowest BCUT2D eigenvalue weighted by Gasteiger charge is -2.26. The number of nitrogens with one attached hydrogen (secondary N) is 1. The third-order valence-corrected chi connectivity index (χ3v) is 5.52. The number of aryl methyl sites for hydroxylation is 1. The minimum atomic E-state index is -0.327. The fourth-order valence-electron chi connectivity index (χ4n) is 3.89. The van der Waals surface area contributed by atoms with Gasteiger partial charge in [-0.15, -0.1) is 0 Å². The Labute approximate surface area is 183 Å². The molecule has 2 amide bonds. The molecule has 1 aliphatic rings. The van der Waals surface area contributed by atoms with Crippen LogP contribution in [0.5, 0.6) is 17.2 Å². The highest BCUT2D eigenvalue weighted by Crippen LogP contribution is 2.33. The Morgan fingerprint density at radius 1 is 0.935 bits per heavy atom. The second-order valence-electron chi connectivity index (χ2n) is 7.69. The average molecular weight is 427 g/mol. The second kappa shape index (κ2) is 10.2. The maximum absolute atomic E-state index is 13.6. The van der Waals surface area contributed by atoms with Gasteiger partial charge in [0.25, 0.3) is 5.91 Å². The number of methoxy groups -OCH3 is 3. The largest absolute Gasteiger partial charge is 0.495 e. The van der Waals surface area contributed by atoms with E-state index < -0.39 is 0 Å². The summed E-state index contributed by atoms with van der Waals surface area (Å²) in [6.07, 6.45) is 4.18. The van der Waals surface area contributed by atoms with Gasteiger partial charge in [-0.05, 0) is 55.7 Å². The lowest BCUT2D eigenvalue weighted by molar-refractivity contribution is -0.120. The normalized spacial score (nSPS) is 13.5. The first kappa shape index (κ1) is 22.5. The zero-order valence-corrected chi connectivity index (χ0v) is 18.6. The summed E-state index contributed by atoms with van der Waals surface area (Å²) < 4.78 is 16.1. The summed E-state index contributed by atoms with van der Waals surface area (Å²) in [5, 5.41) is 3.06. The number of carbonyl (C=O) groups excluding carboxylic acids is 2. The molecule has 2 aromatic carbocycles. The molecule has 7 heteroatoms. The molecule has 0 radical (unpaired) electrons. The molecule has 0 unspecified atom stereocenters. The van der Waals surface area contributed by atoms with Crippen LogP contribution >= 0.6 is 0 Å². The Morgan fingerprint density at radius 3 is 2.23 bits per heavy atom. The molecule has 0 atom stereocenters. The summed E-state index contributed by atoms with van der Waals surface area (Å²) in [5.74, 6) is 0.974. The van der Waals surface area contributed by atoms with E-state index in [0.717, 1.165) is 31.2 Å². The molecule has 2 aromatic rings. The van der Waals surface area contributed by atoms with Crippen LogP contribution in [0.3, 0.4) is 0 Å². The molecule has 166 valence electrons. The number of rotatable bonds is 8. The van der Waals surface area contributed by atoms with Crippen molar-refractivity contribution in [2.24, 2.45) is 0 Å². The molecule has 0 bridgehead atoms. The predicted octanol–water partition coefficient (Wildman–Crippen LogP) is 3.73. The topological polar surface area (TPSA) is 77.1 Å². The van der Waals surface area contributed by atoms with Crippen LogP contribution in [-0.2, 0) is 4.79 Å². The van der Waals surface area contributed by atoms with Crippen molar-refractivity contribution in [1.29, 1.82) is 0 Å². The van der Waals surface area contributed by atoms with E-state index >= 15 is 0 Å². The standard InChI is InChI=1S/C24H30N2O5/c1-16-9-11-20(29-2)19(13-16)26(15-23(27)25-18-7-5-6-8-18)24(28)17-10-12-21(30-3)22(14-17)31-4/h9-14,18H,5-8,15H2,1-4H3,(H,25,27). The third-order valence-electron chi connectivity index (χ3n) is 5.52. The highest BCUT2D eigenvalue weighted by atomic mass is 16.5. The van der Waals surface area contributed by atoms with Crippen molar-refractivity contribution in [3.05, 3.63) is 47.5 Å². The molecular formula is C24H30N2O5. The second-order valence-corrected chi connectivity index (χ2v) is 7.69. The van der Waals surface area contributed by atoms with Crippen LogP contribution in [0.2, 0.25) is 0 Å². The van der Waals surface area contributed by atoms with Crippen molar-refractivity contribution in [2.45, 2.75) is 38.6 Å². The molecule has 3 rings (SSSR count). The number of hydrogen-bond acceptors (Lipinski definition) is 5. The van der Waals surface area contributed by atoms with Crippen LogP contribution in [-0.4, -0.2) is 45.7 Å². The van der Waals surface area contributed by atoms with Gasteiger partial charge in [-0.25, -0.2) is 0 Å². The van der Waals surface area contributed by atoms with Crippen molar-refractivity contribution in [3.8, 4) is 17.2 Å². The SMILES string of the molecule is COc1ccc(C(=O)N(CC(=O)NC2CCCC2)c2cc(C)ccc2OC)cc1OC. The smallest absolute Gasteiger partial charge is 0.259 e. The number of hydrogen-bond donors (Lipinski definition) is 1. The van der Waals surface area contributed by atoms with Gasteiger partial charge in [0.15, 0.2) is 11.5 Å². The molecule has 0 saturated heterocycles. The van der Waals surface area contributed by atoms with E-state index in [1.165, 1.54) is 19.1 Å². The van der Waals surface area contributed by atoms with Gasteiger partial charge in [0.1, 0.15) is 12.3 Å². The monoisotopic (exact) mass is 426 g/mol. The number of anilines is 1. The van der Waals surface area contributed by atoms with Crippen molar-refractivity contribution < 1.29 is 23.8 Å². The molecule has 1 fully saturated rings. The first-order valence-electron chi connectivity index (χ1n) is 10.4. The van der Waals surface area contributed by atoms with E-state index in [2.05, 4.69) is 5.32 Å². The maximum Gasteiger partial charge on any atom is 0.259 e. The molecule has 0 spiro atoms. The highest BCUT2D eigenvalue weighted by Gasteiger charge is 2.26. The van der Waals surface area contributed by atoms with Gasteiger partial charge in [-0.2, -0.15) is 0 Å². The molecular weight excluding hydrogens is 396 g/mol. The molecule has 0 aromatic heterocycles. The van der Waals surface area contributed by atoms with E-state index in [0.29, 0.717) is 28.5 Å². The number of carbonyl (C=O) groups is 2. The van der Waals surface area contributed by atoms with Crippen LogP contribution in [0, 0.1) is 6.92 Å². The molecule has 1 N–H and O–H groups in total. The molecule has 7 nitrogen and oxygen atoms in total. The summed E-state index contributed by atoms with van der Waals surface area (Å²) in [5.41, 5.74) is 1.89. The van der Waals surface area contributed by atoms with Crippen molar-refractivity contribution in [3.63, 3.8) is 0 Å². The zero-order chi connectivity index (χ0) is 22.4. The predicted molar refractivity (Wildman–Crippen MR) is 119 cm³/mol. The lowest BCUT2D eigenvalue weighted by atomic mass is 10.1. The summed E-state index contributed by atoms with van der Waals surface area (Å²) >= 11 is 0. The van der Waals surface area contributed by atoms with Crippen LogP contribution in [0.15, 0.2) is 36.4 Å². The van der Waals surface area contributed by atoms with Crippen molar-refractivity contribution >= 4 is 17.5 Å². The minimum Gasteiger partial charge on any atom is -0.495 e. The summed E-state index contributed by atoms with van der Waals surface area (Å²) in [6, 6.07) is 10.7. The number of ether oxygens (including phenoxy) is 3. The Hall–Kier alpha value is -3.22. The fraction of sp³-hybridized carbons (Fsp3) is 0.417. The van der Waals surface area contributed by atoms with Gasteiger partial charge in [0.2, 0.25) is 5.91 Å². The van der Waals surface area contributed by atoms with Crippen LogP contribution in [0.4, 0.5) is 5.69 Å². The van der Waals surface area contributed by atoms with E-state index in [-0.39, 0.29) is 24.4 Å². The molecule has 1 saturated carbocycles. The highest BCUT2D eigenvalue weighted by molar-refractivity contribution is 6.09. The maximum atomic E-state index is 13.6. The first-order valence-corrected chi connectivity index (χ1v) is 10.4. The van der Waals surface area contributed by atoms with Crippen molar-refractivity contribution in [2.75, 3.05) is 32.8 Å².